The van der Waals surface area contributed by atoms with Gasteiger partial charge in [-0.1, -0.05) is 71.2 Å². The number of rotatable bonds is 8. The topological polar surface area (TPSA) is 41.6 Å². The highest BCUT2D eigenvalue weighted by Crippen LogP contribution is 2.37. The van der Waals surface area contributed by atoms with E-state index in [0.717, 1.165) is 34.9 Å². The van der Waals surface area contributed by atoms with Crippen molar-refractivity contribution in [2.45, 2.75) is 71.4 Å². The minimum atomic E-state index is -4.49. The Hall–Kier alpha value is -2.93. The molecule has 0 aliphatic heterocycles. The molecule has 0 aliphatic rings. The lowest BCUT2D eigenvalue weighted by atomic mass is 9.86. The van der Waals surface area contributed by atoms with Crippen molar-refractivity contribution in [2.24, 2.45) is 0 Å². The van der Waals surface area contributed by atoms with E-state index in [9.17, 15) is 13.2 Å². The van der Waals surface area contributed by atoms with Crippen LogP contribution in [0.25, 0.3) is 33.1 Å². The number of nitrogens with one attached hydrogen (secondary N) is 1. The molecule has 7 heteroatoms. The maximum absolute atomic E-state index is 13.2. The van der Waals surface area contributed by atoms with E-state index >= 15 is 0 Å². The van der Waals surface area contributed by atoms with Gasteiger partial charge in [-0.2, -0.15) is 18.3 Å². The van der Waals surface area contributed by atoms with Gasteiger partial charge < -0.3 is 0 Å². The first-order valence-electron chi connectivity index (χ1n) is 12.4. The SMILES string of the molecule is CCCCCCc1ccsc1-c1cc(-c2ccc(C(C)(C)C)cc2)nc(-c2cc(C(F)(F)F)[nH]n2)c1. The molecule has 0 unspecified atom stereocenters. The Morgan fingerprint density at radius 2 is 1.56 bits per heavy atom. The van der Waals surface area contributed by atoms with Gasteiger partial charge in [-0.15, -0.1) is 11.3 Å². The number of alkyl halides is 3. The van der Waals surface area contributed by atoms with Crippen LogP contribution in [0, 0.1) is 0 Å². The van der Waals surface area contributed by atoms with Crippen LogP contribution in [0.1, 0.15) is 70.2 Å². The van der Waals surface area contributed by atoms with Gasteiger partial charge in [0.2, 0.25) is 0 Å². The van der Waals surface area contributed by atoms with E-state index in [4.69, 9.17) is 4.98 Å². The summed E-state index contributed by atoms with van der Waals surface area (Å²) in [5.74, 6) is 0. The van der Waals surface area contributed by atoms with Gasteiger partial charge in [0.05, 0.1) is 11.4 Å². The molecule has 3 nitrogen and oxygen atoms in total. The molecule has 0 saturated heterocycles. The molecular formula is C29H32F3N3S. The molecule has 0 amide bonds. The van der Waals surface area contributed by atoms with Crippen molar-refractivity contribution in [1.29, 1.82) is 0 Å². The van der Waals surface area contributed by atoms with Crippen LogP contribution in [-0.2, 0) is 18.0 Å². The second-order valence-electron chi connectivity index (χ2n) is 10.2. The zero-order valence-corrected chi connectivity index (χ0v) is 22.0. The number of aromatic amines is 1. The molecule has 0 radical (unpaired) electrons. The number of aryl methyl sites for hydroxylation is 1. The van der Waals surface area contributed by atoms with Gasteiger partial charge in [-0.25, -0.2) is 4.98 Å². The Kier molecular flexibility index (Phi) is 7.69. The fourth-order valence-electron chi connectivity index (χ4n) is 4.21. The van der Waals surface area contributed by atoms with Crippen molar-refractivity contribution in [3.63, 3.8) is 0 Å². The number of unbranched alkanes of at least 4 members (excludes halogenated alkanes) is 3. The highest BCUT2D eigenvalue weighted by Gasteiger charge is 2.33. The van der Waals surface area contributed by atoms with Crippen LogP contribution in [0.4, 0.5) is 13.2 Å². The van der Waals surface area contributed by atoms with Gasteiger partial charge in [0.25, 0.3) is 0 Å². The van der Waals surface area contributed by atoms with E-state index in [2.05, 4.69) is 61.5 Å². The largest absolute Gasteiger partial charge is 0.432 e. The normalized spacial score (nSPS) is 12.3. The molecule has 0 aliphatic carbocycles. The Morgan fingerprint density at radius 3 is 2.19 bits per heavy atom. The van der Waals surface area contributed by atoms with E-state index in [-0.39, 0.29) is 11.1 Å². The molecule has 190 valence electrons. The summed E-state index contributed by atoms with van der Waals surface area (Å²) in [5, 5.41) is 8.15. The van der Waals surface area contributed by atoms with Gasteiger partial charge in [0, 0.05) is 10.4 Å². The molecule has 0 saturated carbocycles. The molecule has 3 heterocycles. The lowest BCUT2D eigenvalue weighted by Crippen LogP contribution is -2.10. The Bertz CT molecular complexity index is 1290. The molecule has 4 aromatic rings. The predicted octanol–water partition coefficient (Wildman–Crippen LogP) is 9.31. The number of thiophene rings is 1. The second kappa shape index (κ2) is 10.6. The summed E-state index contributed by atoms with van der Waals surface area (Å²) in [6.07, 6.45) is 1.19. The van der Waals surface area contributed by atoms with E-state index in [1.807, 2.05) is 24.3 Å². The number of benzene rings is 1. The fraction of sp³-hybridized carbons (Fsp3) is 0.379. The van der Waals surface area contributed by atoms with Crippen molar-refractivity contribution >= 4 is 11.3 Å². The van der Waals surface area contributed by atoms with Crippen LogP contribution in [0.2, 0.25) is 0 Å². The first kappa shape index (κ1) is 26.1. The number of pyridine rings is 1. The van der Waals surface area contributed by atoms with Gasteiger partial charge in [0.15, 0.2) is 0 Å². The van der Waals surface area contributed by atoms with Crippen LogP contribution in [0.15, 0.2) is 53.9 Å². The molecule has 1 N–H and O–H groups in total. The van der Waals surface area contributed by atoms with E-state index < -0.39 is 11.9 Å². The maximum atomic E-state index is 13.2. The fourth-order valence-corrected chi connectivity index (χ4v) is 5.15. The molecule has 36 heavy (non-hydrogen) atoms. The molecule has 1 aromatic carbocycles. The molecule has 0 bridgehead atoms. The minimum absolute atomic E-state index is 0.0195. The van der Waals surface area contributed by atoms with Crippen molar-refractivity contribution < 1.29 is 13.2 Å². The highest BCUT2D eigenvalue weighted by atomic mass is 32.1. The Balaban J connectivity index is 1.77. The summed E-state index contributed by atoms with van der Waals surface area (Å²) in [6.45, 7) is 8.68. The maximum Gasteiger partial charge on any atom is 0.432 e. The van der Waals surface area contributed by atoms with E-state index in [0.29, 0.717) is 11.4 Å². The zero-order valence-electron chi connectivity index (χ0n) is 21.2. The number of halogens is 3. The van der Waals surface area contributed by atoms with Crippen LogP contribution >= 0.6 is 11.3 Å². The molecule has 0 atom stereocenters. The van der Waals surface area contributed by atoms with Crippen LogP contribution < -0.4 is 0 Å². The third kappa shape index (κ3) is 6.06. The summed E-state index contributed by atoms with van der Waals surface area (Å²) >= 11 is 1.65. The molecule has 0 spiro atoms. The van der Waals surface area contributed by atoms with E-state index in [1.54, 1.807) is 11.3 Å². The van der Waals surface area contributed by atoms with Crippen LogP contribution in [-0.4, -0.2) is 15.2 Å². The van der Waals surface area contributed by atoms with Gasteiger partial charge in [0.1, 0.15) is 11.4 Å². The average molecular weight is 512 g/mol. The Morgan fingerprint density at radius 1 is 0.833 bits per heavy atom. The average Bonchev–Trinajstić information content (AvgIpc) is 3.51. The molecule has 4 rings (SSSR count). The Labute approximate surface area is 214 Å². The summed E-state index contributed by atoms with van der Waals surface area (Å²) in [4.78, 5) is 5.88. The highest BCUT2D eigenvalue weighted by molar-refractivity contribution is 7.13. The third-order valence-electron chi connectivity index (χ3n) is 6.33. The van der Waals surface area contributed by atoms with Crippen molar-refractivity contribution in [3.05, 3.63) is 70.7 Å². The zero-order chi connectivity index (χ0) is 25.9. The predicted molar refractivity (Wildman–Crippen MR) is 142 cm³/mol. The quantitative estimate of drug-likeness (QED) is 0.239. The monoisotopic (exact) mass is 511 g/mol. The number of aromatic nitrogens is 3. The van der Waals surface area contributed by atoms with Crippen LogP contribution in [0.3, 0.4) is 0 Å². The van der Waals surface area contributed by atoms with Crippen molar-refractivity contribution in [2.75, 3.05) is 0 Å². The first-order chi connectivity index (χ1) is 17.1. The number of hydrogen-bond donors (Lipinski definition) is 1. The lowest BCUT2D eigenvalue weighted by molar-refractivity contribution is -0.141. The third-order valence-corrected chi connectivity index (χ3v) is 7.33. The van der Waals surface area contributed by atoms with Gasteiger partial charge in [-0.05, 0) is 64.6 Å². The number of hydrogen-bond acceptors (Lipinski definition) is 3. The smallest absolute Gasteiger partial charge is 0.273 e. The minimum Gasteiger partial charge on any atom is -0.273 e. The van der Waals surface area contributed by atoms with Crippen molar-refractivity contribution in [3.8, 4) is 33.1 Å². The van der Waals surface area contributed by atoms with Gasteiger partial charge >= 0.3 is 6.18 Å². The lowest BCUT2D eigenvalue weighted by Gasteiger charge is -2.19. The summed E-state index contributed by atoms with van der Waals surface area (Å²) < 4.78 is 39.7. The van der Waals surface area contributed by atoms with Gasteiger partial charge in [-0.3, -0.25) is 5.10 Å². The number of nitrogens with zero attached hydrogens (tertiary/aromatic N) is 2. The van der Waals surface area contributed by atoms with Crippen LogP contribution in [0.5, 0.6) is 0 Å². The van der Waals surface area contributed by atoms with E-state index in [1.165, 1.54) is 30.4 Å². The standard InChI is InChI=1S/C29H32F3N3S/c1-5-6-7-8-9-20-14-15-36-27(20)21-16-23(19-10-12-22(13-11-19)28(2,3)4)33-24(17-21)25-18-26(35-34-25)29(30,31)32/h10-18H,5-9H2,1-4H3,(H,34,35). The summed E-state index contributed by atoms with van der Waals surface area (Å²) in [5.41, 5.74) is 4.78. The summed E-state index contributed by atoms with van der Waals surface area (Å²) in [6, 6.07) is 15.3. The first-order valence-corrected chi connectivity index (χ1v) is 13.3. The van der Waals surface area contributed by atoms with Crippen molar-refractivity contribution in [1.82, 2.24) is 15.2 Å². The second-order valence-corrected chi connectivity index (χ2v) is 11.1. The molecule has 3 aromatic heterocycles. The number of H-pyrrole nitrogens is 1. The molecule has 0 fully saturated rings. The summed E-state index contributed by atoms with van der Waals surface area (Å²) in [7, 11) is 0. The molecular weight excluding hydrogens is 479 g/mol.